The number of aryl methyl sites for hydroxylation is 1. The highest BCUT2D eigenvalue weighted by Gasteiger charge is 2.02. The van der Waals surface area contributed by atoms with E-state index in [1.165, 1.54) is 16.5 Å². The van der Waals surface area contributed by atoms with Crippen molar-refractivity contribution in [2.75, 3.05) is 11.9 Å². The number of para-hydroxylation sites is 1. The van der Waals surface area contributed by atoms with E-state index in [0.717, 1.165) is 23.8 Å². The van der Waals surface area contributed by atoms with E-state index in [9.17, 15) is 0 Å². The molecule has 0 saturated heterocycles. The second-order valence-corrected chi connectivity index (χ2v) is 5.39. The summed E-state index contributed by atoms with van der Waals surface area (Å²) in [6.45, 7) is 3.89. The van der Waals surface area contributed by atoms with Crippen molar-refractivity contribution in [3.8, 4) is 0 Å². The maximum atomic E-state index is 6.13. The molecule has 0 aliphatic heterocycles. The van der Waals surface area contributed by atoms with Gasteiger partial charge in [0.15, 0.2) is 0 Å². The highest BCUT2D eigenvalue weighted by Crippen LogP contribution is 2.21. The van der Waals surface area contributed by atoms with Crippen LogP contribution in [0.3, 0.4) is 0 Å². The Labute approximate surface area is 124 Å². The maximum Gasteiger partial charge on any atom is 0.0637 e. The Hall–Kier alpha value is -1.93. The van der Waals surface area contributed by atoms with Crippen LogP contribution in [0.2, 0.25) is 5.02 Å². The maximum absolute atomic E-state index is 6.13. The molecule has 3 heteroatoms. The molecule has 0 aliphatic carbocycles. The number of halogens is 1. The highest BCUT2D eigenvalue weighted by molar-refractivity contribution is 6.33. The zero-order valence-electron chi connectivity index (χ0n) is 11.4. The van der Waals surface area contributed by atoms with Crippen LogP contribution in [0.1, 0.15) is 5.56 Å². The summed E-state index contributed by atoms with van der Waals surface area (Å²) < 4.78 is 2.27. The number of nitrogens with one attached hydrogen (secondary N) is 1. The molecule has 3 rings (SSSR count). The fraction of sp³-hybridized carbons (Fsp3) is 0.176. The Morgan fingerprint density at radius 3 is 2.80 bits per heavy atom. The molecule has 0 saturated carbocycles. The van der Waals surface area contributed by atoms with E-state index >= 15 is 0 Å². The van der Waals surface area contributed by atoms with Crippen molar-refractivity contribution >= 4 is 28.2 Å². The lowest BCUT2D eigenvalue weighted by Crippen LogP contribution is -2.09. The molecule has 1 aromatic heterocycles. The van der Waals surface area contributed by atoms with E-state index in [-0.39, 0.29) is 0 Å². The van der Waals surface area contributed by atoms with E-state index in [4.69, 9.17) is 11.6 Å². The molecular weight excluding hydrogens is 268 g/mol. The average molecular weight is 285 g/mol. The minimum absolute atomic E-state index is 0.765. The average Bonchev–Trinajstić information content (AvgIpc) is 2.83. The van der Waals surface area contributed by atoms with Crippen LogP contribution in [0.5, 0.6) is 0 Å². The Bertz CT molecular complexity index is 731. The minimum Gasteiger partial charge on any atom is -0.382 e. The molecule has 20 heavy (non-hydrogen) atoms. The molecule has 102 valence electrons. The van der Waals surface area contributed by atoms with E-state index < -0.39 is 0 Å². The molecule has 0 spiro atoms. The summed E-state index contributed by atoms with van der Waals surface area (Å²) in [4.78, 5) is 0. The summed E-state index contributed by atoms with van der Waals surface area (Å²) in [5.41, 5.74) is 3.56. The predicted octanol–water partition coefficient (Wildman–Crippen LogP) is 4.72. The summed E-state index contributed by atoms with van der Waals surface area (Å²) in [5, 5.41) is 5.43. The lowest BCUT2D eigenvalue weighted by Gasteiger charge is -2.10. The van der Waals surface area contributed by atoms with Gasteiger partial charge in [-0.05, 0) is 42.1 Å². The Balaban J connectivity index is 1.71. The third-order valence-electron chi connectivity index (χ3n) is 3.47. The first-order valence-electron chi connectivity index (χ1n) is 6.78. The van der Waals surface area contributed by atoms with Crippen molar-refractivity contribution in [3.63, 3.8) is 0 Å². The van der Waals surface area contributed by atoms with Crippen LogP contribution in [0, 0.1) is 6.92 Å². The molecule has 0 radical (unpaired) electrons. The van der Waals surface area contributed by atoms with Crippen molar-refractivity contribution in [2.24, 2.45) is 0 Å². The summed E-state index contributed by atoms with van der Waals surface area (Å²) in [7, 11) is 0. The number of aromatic nitrogens is 1. The SMILES string of the molecule is Cc1ccc2ccn(CCNc3ccccc3Cl)c2c1. The third kappa shape index (κ3) is 2.66. The van der Waals surface area contributed by atoms with Crippen LogP contribution in [0.25, 0.3) is 10.9 Å². The second kappa shape index (κ2) is 5.59. The molecule has 0 aliphatic rings. The Morgan fingerprint density at radius 2 is 1.95 bits per heavy atom. The second-order valence-electron chi connectivity index (χ2n) is 4.98. The van der Waals surface area contributed by atoms with E-state index in [1.807, 2.05) is 24.3 Å². The molecule has 0 atom stereocenters. The van der Waals surface area contributed by atoms with E-state index in [0.29, 0.717) is 0 Å². The van der Waals surface area contributed by atoms with Gasteiger partial charge < -0.3 is 9.88 Å². The van der Waals surface area contributed by atoms with Crippen LogP contribution in [0.4, 0.5) is 5.69 Å². The number of hydrogen-bond acceptors (Lipinski definition) is 1. The minimum atomic E-state index is 0.765. The van der Waals surface area contributed by atoms with Crippen molar-refractivity contribution in [3.05, 3.63) is 65.3 Å². The first-order chi connectivity index (χ1) is 9.74. The fourth-order valence-electron chi connectivity index (χ4n) is 2.40. The highest BCUT2D eigenvalue weighted by atomic mass is 35.5. The molecule has 0 fully saturated rings. The molecule has 0 unspecified atom stereocenters. The number of anilines is 1. The van der Waals surface area contributed by atoms with Gasteiger partial charge in [0.1, 0.15) is 0 Å². The van der Waals surface area contributed by atoms with Crippen LogP contribution >= 0.6 is 11.6 Å². The van der Waals surface area contributed by atoms with Gasteiger partial charge in [0.2, 0.25) is 0 Å². The normalized spacial score (nSPS) is 10.9. The zero-order valence-corrected chi connectivity index (χ0v) is 12.2. The number of hydrogen-bond donors (Lipinski definition) is 1. The lowest BCUT2D eigenvalue weighted by atomic mass is 10.2. The molecule has 1 N–H and O–H groups in total. The van der Waals surface area contributed by atoms with Gasteiger partial charge in [0, 0.05) is 24.8 Å². The predicted molar refractivity (Wildman–Crippen MR) is 86.6 cm³/mol. The summed E-state index contributed by atoms with van der Waals surface area (Å²) >= 11 is 6.13. The molecule has 1 heterocycles. The Kier molecular flexibility index (Phi) is 3.66. The van der Waals surface area contributed by atoms with Crippen molar-refractivity contribution in [1.82, 2.24) is 4.57 Å². The largest absolute Gasteiger partial charge is 0.382 e. The van der Waals surface area contributed by atoms with Gasteiger partial charge in [-0.25, -0.2) is 0 Å². The molecular formula is C17H17ClN2. The number of fused-ring (bicyclic) bond motifs is 1. The van der Waals surface area contributed by atoms with Gasteiger partial charge >= 0.3 is 0 Å². The van der Waals surface area contributed by atoms with E-state index in [2.05, 4.69) is 47.3 Å². The van der Waals surface area contributed by atoms with Gasteiger partial charge in [-0.2, -0.15) is 0 Å². The molecule has 0 amide bonds. The van der Waals surface area contributed by atoms with Gasteiger partial charge in [-0.1, -0.05) is 35.9 Å². The summed E-state index contributed by atoms with van der Waals surface area (Å²) in [5.74, 6) is 0. The number of rotatable bonds is 4. The zero-order chi connectivity index (χ0) is 13.9. The molecule has 3 aromatic rings. The molecule has 2 nitrogen and oxygen atoms in total. The van der Waals surface area contributed by atoms with Crippen LogP contribution in [-0.2, 0) is 6.54 Å². The lowest BCUT2D eigenvalue weighted by molar-refractivity contribution is 0.757. The van der Waals surface area contributed by atoms with Crippen LogP contribution in [-0.4, -0.2) is 11.1 Å². The van der Waals surface area contributed by atoms with Crippen molar-refractivity contribution in [1.29, 1.82) is 0 Å². The third-order valence-corrected chi connectivity index (χ3v) is 3.80. The number of nitrogens with zero attached hydrogens (tertiary/aromatic N) is 1. The van der Waals surface area contributed by atoms with Gasteiger partial charge in [0.25, 0.3) is 0 Å². The van der Waals surface area contributed by atoms with Gasteiger partial charge in [0.05, 0.1) is 10.7 Å². The van der Waals surface area contributed by atoms with Gasteiger partial charge in [-0.15, -0.1) is 0 Å². The fourth-order valence-corrected chi connectivity index (χ4v) is 2.61. The first kappa shape index (κ1) is 13.1. The smallest absolute Gasteiger partial charge is 0.0637 e. The monoisotopic (exact) mass is 284 g/mol. The van der Waals surface area contributed by atoms with Crippen LogP contribution < -0.4 is 5.32 Å². The van der Waals surface area contributed by atoms with Crippen molar-refractivity contribution in [2.45, 2.75) is 13.5 Å². The number of benzene rings is 2. The standard InChI is InChI=1S/C17H17ClN2/c1-13-6-7-14-8-10-20(17(14)12-13)11-9-19-16-5-3-2-4-15(16)18/h2-8,10,12,19H,9,11H2,1H3. The van der Waals surface area contributed by atoms with Crippen molar-refractivity contribution < 1.29 is 0 Å². The van der Waals surface area contributed by atoms with E-state index in [1.54, 1.807) is 0 Å². The summed E-state index contributed by atoms with van der Waals surface area (Å²) in [6.07, 6.45) is 2.14. The van der Waals surface area contributed by atoms with Crippen LogP contribution in [0.15, 0.2) is 54.7 Å². The quantitative estimate of drug-likeness (QED) is 0.734. The topological polar surface area (TPSA) is 17.0 Å². The Morgan fingerprint density at radius 1 is 1.10 bits per heavy atom. The first-order valence-corrected chi connectivity index (χ1v) is 7.16. The summed E-state index contributed by atoms with van der Waals surface area (Å²) in [6, 6.07) is 16.5. The molecule has 0 bridgehead atoms. The van der Waals surface area contributed by atoms with Gasteiger partial charge in [-0.3, -0.25) is 0 Å². The molecule has 2 aromatic carbocycles.